The van der Waals surface area contributed by atoms with E-state index >= 15 is 0 Å². The topological polar surface area (TPSA) is 25.3 Å². The molecule has 0 N–H and O–H groups in total. The van der Waals surface area contributed by atoms with E-state index < -0.39 is 0 Å². The molecular formula is C46H31N3O+2. The molecule has 2 aliphatic heterocycles. The summed E-state index contributed by atoms with van der Waals surface area (Å²) in [5.74, 6) is 0.340. The molecule has 5 aromatic carbocycles. The summed E-state index contributed by atoms with van der Waals surface area (Å²) in [6.07, 6.45) is 11.0. The second kappa shape index (κ2) is 9.67. The van der Waals surface area contributed by atoms with Crippen molar-refractivity contribution in [3.8, 4) is 22.5 Å². The molecule has 0 saturated carbocycles. The van der Waals surface area contributed by atoms with E-state index in [0.29, 0.717) is 5.92 Å². The molecule has 0 fully saturated rings. The summed E-state index contributed by atoms with van der Waals surface area (Å²) in [6, 6.07) is 47.3. The first-order valence-corrected chi connectivity index (χ1v) is 17.6. The third-order valence-corrected chi connectivity index (χ3v) is 11.6. The van der Waals surface area contributed by atoms with Crippen LogP contribution in [-0.2, 0) is 6.42 Å². The second-order valence-electron chi connectivity index (χ2n) is 14.1. The molecule has 4 heteroatoms. The van der Waals surface area contributed by atoms with Gasteiger partial charge in [-0.15, -0.1) is 0 Å². The van der Waals surface area contributed by atoms with Crippen molar-refractivity contribution in [1.29, 1.82) is 0 Å². The Morgan fingerprint density at radius 3 is 2.28 bits per heavy atom. The first-order valence-electron chi connectivity index (χ1n) is 17.6. The van der Waals surface area contributed by atoms with Gasteiger partial charge in [0, 0.05) is 74.6 Å². The van der Waals surface area contributed by atoms with Crippen LogP contribution in [0.25, 0.3) is 88.7 Å². The SMILES string of the molecule is C1=C[n+]2ccccc2-c2cc3c4cccc5c6cc7c(cc6n(c3cc2CC2C(C1)c1ccccc1-c1cccc[n+]12)c45)oc1ccccc17. The fraction of sp³-hybridized carbons (Fsp3) is 0.0870. The fourth-order valence-electron chi connectivity index (χ4n) is 9.50. The minimum atomic E-state index is 0.262. The average Bonchev–Trinajstić information content (AvgIpc) is 3.81. The first kappa shape index (κ1) is 26.7. The number of hydrogen-bond acceptors (Lipinski definition) is 1. The molecule has 0 saturated heterocycles. The second-order valence-corrected chi connectivity index (χ2v) is 14.1. The summed E-state index contributed by atoms with van der Waals surface area (Å²) in [5, 5.41) is 7.46. The van der Waals surface area contributed by atoms with Gasteiger partial charge >= 0.3 is 0 Å². The summed E-state index contributed by atoms with van der Waals surface area (Å²) in [6.45, 7) is 0. The lowest BCUT2D eigenvalue weighted by Gasteiger charge is -2.30. The van der Waals surface area contributed by atoms with Gasteiger partial charge in [-0.1, -0.05) is 54.6 Å². The predicted molar refractivity (Wildman–Crippen MR) is 202 cm³/mol. The van der Waals surface area contributed by atoms with Gasteiger partial charge in [0.2, 0.25) is 11.4 Å². The molecule has 7 heterocycles. The first-order chi connectivity index (χ1) is 24.8. The van der Waals surface area contributed by atoms with Crippen LogP contribution in [0, 0.1) is 0 Å². The smallest absolute Gasteiger partial charge is 0.218 e. The number of benzene rings is 5. The number of aromatic nitrogens is 3. The summed E-state index contributed by atoms with van der Waals surface area (Å²) in [4.78, 5) is 0. The van der Waals surface area contributed by atoms with Crippen LogP contribution >= 0.6 is 0 Å². The molecule has 0 aliphatic carbocycles. The molecule has 0 bridgehead atoms. The predicted octanol–water partition coefficient (Wildman–Crippen LogP) is 10.4. The molecule has 50 heavy (non-hydrogen) atoms. The van der Waals surface area contributed by atoms with Crippen molar-refractivity contribution >= 4 is 66.2 Å². The van der Waals surface area contributed by atoms with Crippen molar-refractivity contribution in [2.45, 2.75) is 24.8 Å². The highest BCUT2D eigenvalue weighted by Gasteiger charge is 2.40. The minimum absolute atomic E-state index is 0.262. The number of hydrogen-bond donors (Lipinski definition) is 0. The van der Waals surface area contributed by atoms with Crippen LogP contribution in [0.2, 0.25) is 0 Å². The Balaban J connectivity index is 1.18. The van der Waals surface area contributed by atoms with Gasteiger partial charge in [-0.2, -0.15) is 9.13 Å². The van der Waals surface area contributed by atoms with Crippen LogP contribution < -0.4 is 9.13 Å². The van der Waals surface area contributed by atoms with Gasteiger partial charge in [0.25, 0.3) is 0 Å². The van der Waals surface area contributed by atoms with Crippen molar-refractivity contribution in [2.24, 2.45) is 0 Å². The Morgan fingerprint density at radius 2 is 1.34 bits per heavy atom. The van der Waals surface area contributed by atoms with E-state index in [1.54, 1.807) is 0 Å². The van der Waals surface area contributed by atoms with Gasteiger partial charge in [0.15, 0.2) is 24.6 Å². The number of para-hydroxylation sites is 2. The molecule has 10 aromatic rings. The van der Waals surface area contributed by atoms with Gasteiger partial charge in [-0.05, 0) is 66.1 Å². The highest BCUT2D eigenvalue weighted by molar-refractivity contribution is 6.26. The maximum Gasteiger partial charge on any atom is 0.218 e. The third kappa shape index (κ3) is 3.45. The highest BCUT2D eigenvalue weighted by atomic mass is 16.3. The van der Waals surface area contributed by atoms with Gasteiger partial charge in [-0.3, -0.25) is 0 Å². The van der Waals surface area contributed by atoms with E-state index in [1.807, 2.05) is 6.07 Å². The number of rotatable bonds is 0. The highest BCUT2D eigenvalue weighted by Crippen LogP contribution is 2.46. The Hall–Kier alpha value is -6.26. The van der Waals surface area contributed by atoms with Crippen LogP contribution in [0.15, 0.2) is 150 Å². The fourth-order valence-corrected chi connectivity index (χ4v) is 9.50. The van der Waals surface area contributed by atoms with Crippen molar-refractivity contribution in [1.82, 2.24) is 4.40 Å². The lowest BCUT2D eigenvalue weighted by molar-refractivity contribution is -0.718. The van der Waals surface area contributed by atoms with Crippen LogP contribution in [0.5, 0.6) is 0 Å². The Kier molecular flexibility index (Phi) is 5.16. The van der Waals surface area contributed by atoms with E-state index in [2.05, 4.69) is 160 Å². The average molecular weight is 642 g/mol. The van der Waals surface area contributed by atoms with Crippen molar-refractivity contribution < 1.29 is 13.6 Å². The monoisotopic (exact) mass is 641 g/mol. The van der Waals surface area contributed by atoms with Crippen molar-refractivity contribution in [3.63, 3.8) is 0 Å². The van der Waals surface area contributed by atoms with Gasteiger partial charge < -0.3 is 8.82 Å². The normalized spacial score (nSPS) is 17.0. The van der Waals surface area contributed by atoms with Crippen LogP contribution in [0.1, 0.15) is 29.5 Å². The molecule has 234 valence electrons. The van der Waals surface area contributed by atoms with Gasteiger partial charge in [0.1, 0.15) is 11.2 Å². The molecule has 0 radical (unpaired) electrons. The molecular weight excluding hydrogens is 611 g/mol. The lowest BCUT2D eigenvalue weighted by atomic mass is 9.78. The zero-order chi connectivity index (χ0) is 32.5. The van der Waals surface area contributed by atoms with E-state index in [4.69, 9.17) is 4.42 Å². The zero-order valence-electron chi connectivity index (χ0n) is 27.3. The number of furan rings is 1. The summed E-state index contributed by atoms with van der Waals surface area (Å²) in [7, 11) is 0. The molecule has 2 unspecified atom stereocenters. The Morgan fingerprint density at radius 1 is 0.580 bits per heavy atom. The number of nitrogens with zero attached hydrogens (tertiary/aromatic N) is 3. The largest absolute Gasteiger partial charge is 0.456 e. The van der Waals surface area contributed by atoms with Crippen LogP contribution in [-0.4, -0.2) is 4.40 Å². The molecule has 2 aliphatic rings. The quantitative estimate of drug-likeness (QED) is 0.151. The number of allylic oxidation sites excluding steroid dienone is 1. The van der Waals surface area contributed by atoms with Crippen molar-refractivity contribution in [2.75, 3.05) is 0 Å². The van der Waals surface area contributed by atoms with Gasteiger partial charge in [0.05, 0.1) is 28.0 Å². The number of fused-ring (bicyclic) bond motifs is 18. The van der Waals surface area contributed by atoms with Crippen molar-refractivity contribution in [3.05, 3.63) is 157 Å². The maximum absolute atomic E-state index is 6.44. The van der Waals surface area contributed by atoms with Gasteiger partial charge in [-0.25, -0.2) is 0 Å². The summed E-state index contributed by atoms with van der Waals surface area (Å²) < 4.78 is 13.8. The molecule has 0 amide bonds. The molecule has 0 spiro atoms. The molecule has 5 aromatic heterocycles. The van der Waals surface area contributed by atoms with E-state index in [1.165, 1.54) is 82.5 Å². The minimum Gasteiger partial charge on any atom is -0.456 e. The molecule has 4 nitrogen and oxygen atoms in total. The van der Waals surface area contributed by atoms with E-state index in [9.17, 15) is 0 Å². The third-order valence-electron chi connectivity index (χ3n) is 11.6. The molecule has 12 rings (SSSR count). The Bertz CT molecular complexity index is 3070. The molecule has 2 atom stereocenters. The van der Waals surface area contributed by atoms with Crippen LogP contribution in [0.4, 0.5) is 0 Å². The zero-order valence-corrected chi connectivity index (χ0v) is 27.3. The number of pyridine rings is 2. The van der Waals surface area contributed by atoms with Crippen LogP contribution in [0.3, 0.4) is 0 Å². The summed E-state index contributed by atoms with van der Waals surface area (Å²) >= 11 is 0. The lowest BCUT2D eigenvalue weighted by Crippen LogP contribution is -2.48. The maximum atomic E-state index is 6.44. The standard InChI is InChI=1S/C46H31N3O/c1-2-12-30-29(11-1)31-16-10-21-47-20-7-5-17-39(47)35-25-36-33-14-9-15-34-37-26-38-32-13-3-4-19-44(32)50-45(38)27-43(37)49(46(33)34)42(36)24-28(35)23-41(31)48-22-8-6-18-40(30)48/h1-15,17-22,24-27,31,41H,16,23H2/q+2. The van der Waals surface area contributed by atoms with E-state index in [-0.39, 0.29) is 6.04 Å². The Labute approximate surface area is 287 Å². The summed E-state index contributed by atoms with van der Waals surface area (Å²) in [5.41, 5.74) is 13.5. The van der Waals surface area contributed by atoms with E-state index in [0.717, 1.165) is 24.0 Å².